The number of halogens is 2. The molecule has 0 saturated heterocycles. The fourth-order valence-electron chi connectivity index (χ4n) is 3.91. The third kappa shape index (κ3) is 2.42. The number of carbonyl (C=O) groups excluding carboxylic acids is 1. The zero-order valence-corrected chi connectivity index (χ0v) is 16.7. The Labute approximate surface area is 167 Å². The van der Waals surface area contributed by atoms with Crippen LogP contribution in [0, 0.1) is 0 Å². The highest BCUT2D eigenvalue weighted by Gasteiger charge is 2.39. The van der Waals surface area contributed by atoms with Gasteiger partial charge >= 0.3 is 5.97 Å². The molecule has 1 N–H and O–H groups in total. The van der Waals surface area contributed by atoms with E-state index in [2.05, 4.69) is 73.6 Å². The average molecular weight is 471 g/mol. The van der Waals surface area contributed by atoms with Crippen LogP contribution in [0.25, 0.3) is 10.8 Å². The molecule has 0 spiro atoms. The minimum Gasteiger partial charge on any atom is -0.456 e. The Morgan fingerprint density at radius 2 is 1.77 bits per heavy atom. The first kappa shape index (κ1) is 16.1. The molecule has 0 aliphatic carbocycles. The third-order valence-electron chi connectivity index (χ3n) is 4.94. The number of nitrogens with one attached hydrogen (secondary N) is 1. The van der Waals surface area contributed by atoms with Crippen molar-refractivity contribution in [1.29, 1.82) is 0 Å². The topological polar surface area (TPSA) is 38.3 Å². The highest BCUT2D eigenvalue weighted by molar-refractivity contribution is 9.11. The Morgan fingerprint density at radius 3 is 2.58 bits per heavy atom. The number of ether oxygens (including phenoxy) is 1. The molecule has 26 heavy (non-hydrogen) atoms. The molecule has 0 amide bonds. The van der Waals surface area contributed by atoms with Gasteiger partial charge in [0.1, 0.15) is 6.61 Å². The lowest BCUT2D eigenvalue weighted by molar-refractivity contribution is -0.136. The van der Waals surface area contributed by atoms with Crippen LogP contribution in [0.5, 0.6) is 0 Å². The lowest BCUT2D eigenvalue weighted by atomic mass is 9.79. The molecule has 3 aromatic rings. The van der Waals surface area contributed by atoms with Crippen LogP contribution in [0.15, 0.2) is 74.8 Å². The van der Waals surface area contributed by atoms with Crippen molar-refractivity contribution in [3.05, 3.63) is 85.9 Å². The van der Waals surface area contributed by atoms with E-state index in [4.69, 9.17) is 4.74 Å². The van der Waals surface area contributed by atoms with Gasteiger partial charge in [-0.2, -0.15) is 0 Å². The van der Waals surface area contributed by atoms with E-state index < -0.39 is 0 Å². The molecule has 1 atom stereocenters. The molecule has 0 fully saturated rings. The van der Waals surface area contributed by atoms with Gasteiger partial charge in [0.25, 0.3) is 0 Å². The Hall–Kier alpha value is -2.11. The summed E-state index contributed by atoms with van der Waals surface area (Å²) in [6.07, 6.45) is 0. The van der Waals surface area contributed by atoms with Gasteiger partial charge < -0.3 is 10.1 Å². The van der Waals surface area contributed by atoms with Crippen LogP contribution in [0.3, 0.4) is 0 Å². The Balaban J connectivity index is 1.85. The fourth-order valence-corrected chi connectivity index (χ4v) is 5.24. The number of benzene rings is 3. The first-order valence-corrected chi connectivity index (χ1v) is 9.85. The number of rotatable bonds is 1. The number of anilines is 1. The van der Waals surface area contributed by atoms with Crippen molar-refractivity contribution in [2.45, 2.75) is 5.92 Å². The maximum Gasteiger partial charge on any atom is 0.337 e. The largest absolute Gasteiger partial charge is 0.456 e. The van der Waals surface area contributed by atoms with E-state index in [9.17, 15) is 4.79 Å². The molecule has 2 aliphatic heterocycles. The summed E-state index contributed by atoms with van der Waals surface area (Å²) in [4.78, 5) is 12.6. The molecule has 2 heterocycles. The molecule has 3 aromatic carbocycles. The summed E-state index contributed by atoms with van der Waals surface area (Å²) in [7, 11) is 0. The monoisotopic (exact) mass is 469 g/mol. The highest BCUT2D eigenvalue weighted by atomic mass is 79.9. The van der Waals surface area contributed by atoms with Crippen molar-refractivity contribution in [2.24, 2.45) is 0 Å². The second kappa shape index (κ2) is 5.96. The van der Waals surface area contributed by atoms with Gasteiger partial charge in [0.15, 0.2) is 0 Å². The number of fused-ring (bicyclic) bond motifs is 3. The standard InChI is InChI=1S/C21H13Br2NO2/c22-13-7-12(8-14(23)9-13)18-19-15-4-2-1-3-11(15)5-6-16(19)24-17-10-26-21(25)20(17)18/h1-9,18,24H,10H2. The quantitative estimate of drug-likeness (QED) is 0.461. The second-order valence-corrected chi connectivity index (χ2v) is 8.31. The fraction of sp³-hybridized carbons (Fsp3) is 0.0952. The molecule has 3 nitrogen and oxygen atoms in total. The summed E-state index contributed by atoms with van der Waals surface area (Å²) in [5, 5.41) is 5.72. The lowest BCUT2D eigenvalue weighted by Crippen LogP contribution is -2.20. The molecular weight excluding hydrogens is 458 g/mol. The smallest absolute Gasteiger partial charge is 0.337 e. The average Bonchev–Trinajstić information content (AvgIpc) is 2.99. The van der Waals surface area contributed by atoms with Crippen LogP contribution in [-0.2, 0) is 9.53 Å². The van der Waals surface area contributed by atoms with Gasteiger partial charge in [0, 0.05) is 20.6 Å². The SMILES string of the molecule is O=C1OCC2=C1C(c1cc(Br)cc(Br)c1)c1c(ccc3ccccc13)N2. The number of carbonyl (C=O) groups is 1. The summed E-state index contributed by atoms with van der Waals surface area (Å²) in [5.74, 6) is -0.414. The number of hydrogen-bond acceptors (Lipinski definition) is 3. The van der Waals surface area contributed by atoms with E-state index in [1.165, 1.54) is 0 Å². The third-order valence-corrected chi connectivity index (χ3v) is 5.86. The van der Waals surface area contributed by atoms with Crippen LogP contribution in [0.1, 0.15) is 17.0 Å². The second-order valence-electron chi connectivity index (χ2n) is 6.48. The van der Waals surface area contributed by atoms with E-state index in [0.717, 1.165) is 42.2 Å². The molecule has 1 unspecified atom stereocenters. The van der Waals surface area contributed by atoms with Gasteiger partial charge in [-0.05, 0) is 46.2 Å². The van der Waals surface area contributed by atoms with Gasteiger partial charge in [-0.25, -0.2) is 4.79 Å². The number of hydrogen-bond donors (Lipinski definition) is 1. The zero-order valence-electron chi connectivity index (χ0n) is 13.6. The predicted octanol–water partition coefficient (Wildman–Crippen LogP) is 5.73. The van der Waals surface area contributed by atoms with E-state index in [1.54, 1.807) is 0 Å². The number of esters is 1. The normalized spacial score (nSPS) is 18.4. The van der Waals surface area contributed by atoms with Crippen molar-refractivity contribution in [1.82, 2.24) is 0 Å². The van der Waals surface area contributed by atoms with Crippen LogP contribution >= 0.6 is 31.9 Å². The summed E-state index contributed by atoms with van der Waals surface area (Å²) >= 11 is 7.16. The van der Waals surface area contributed by atoms with Crippen LogP contribution in [-0.4, -0.2) is 12.6 Å². The molecule has 0 radical (unpaired) electrons. The molecule has 2 aliphatic rings. The zero-order chi connectivity index (χ0) is 17.8. The van der Waals surface area contributed by atoms with Gasteiger partial charge in [-0.3, -0.25) is 0 Å². The van der Waals surface area contributed by atoms with Crippen LogP contribution in [0.2, 0.25) is 0 Å². The van der Waals surface area contributed by atoms with Crippen molar-refractivity contribution in [3.63, 3.8) is 0 Å². The summed E-state index contributed by atoms with van der Waals surface area (Å²) < 4.78 is 7.29. The van der Waals surface area contributed by atoms with Crippen molar-refractivity contribution < 1.29 is 9.53 Å². The summed E-state index contributed by atoms with van der Waals surface area (Å²) in [6.45, 7) is 0.298. The van der Waals surface area contributed by atoms with E-state index in [0.29, 0.717) is 12.2 Å². The first-order chi connectivity index (χ1) is 12.6. The van der Waals surface area contributed by atoms with E-state index in [-0.39, 0.29) is 11.9 Å². The molecule has 0 saturated carbocycles. The maximum absolute atomic E-state index is 12.6. The number of cyclic esters (lactones) is 1. The summed E-state index contributed by atoms with van der Waals surface area (Å²) in [6, 6.07) is 18.6. The van der Waals surface area contributed by atoms with Crippen molar-refractivity contribution in [3.8, 4) is 0 Å². The Morgan fingerprint density at radius 1 is 1.00 bits per heavy atom. The van der Waals surface area contributed by atoms with Gasteiger partial charge in [0.2, 0.25) is 0 Å². The predicted molar refractivity (Wildman–Crippen MR) is 109 cm³/mol. The van der Waals surface area contributed by atoms with Gasteiger partial charge in [0.05, 0.1) is 11.3 Å². The molecule has 0 aromatic heterocycles. The van der Waals surface area contributed by atoms with Crippen LogP contribution < -0.4 is 5.32 Å². The minimum atomic E-state index is -0.243. The Kier molecular flexibility index (Phi) is 3.69. The Bertz CT molecular complexity index is 1100. The molecule has 0 bridgehead atoms. The van der Waals surface area contributed by atoms with Gasteiger partial charge in [-0.15, -0.1) is 0 Å². The lowest BCUT2D eigenvalue weighted by Gasteiger charge is -2.29. The maximum atomic E-state index is 12.6. The summed E-state index contributed by atoms with van der Waals surface area (Å²) in [5.41, 5.74) is 4.77. The highest BCUT2D eigenvalue weighted by Crippen LogP contribution is 2.47. The minimum absolute atomic E-state index is 0.170. The van der Waals surface area contributed by atoms with E-state index >= 15 is 0 Å². The molecular formula is C21H13Br2NO2. The van der Waals surface area contributed by atoms with Crippen LogP contribution in [0.4, 0.5) is 5.69 Å². The molecule has 128 valence electrons. The van der Waals surface area contributed by atoms with Gasteiger partial charge in [-0.1, -0.05) is 62.2 Å². The van der Waals surface area contributed by atoms with Crippen molar-refractivity contribution in [2.75, 3.05) is 11.9 Å². The first-order valence-electron chi connectivity index (χ1n) is 8.26. The van der Waals surface area contributed by atoms with Crippen molar-refractivity contribution >= 4 is 54.3 Å². The van der Waals surface area contributed by atoms with E-state index in [1.807, 2.05) is 18.2 Å². The molecule has 5 rings (SSSR count). The molecule has 5 heteroatoms.